The summed E-state index contributed by atoms with van der Waals surface area (Å²) in [4.78, 5) is 27.7. The second kappa shape index (κ2) is 8.90. The molecule has 1 aliphatic heterocycles. The summed E-state index contributed by atoms with van der Waals surface area (Å²) in [5, 5.41) is 3.74. The molecule has 4 rings (SSSR count). The van der Waals surface area contributed by atoms with Gasteiger partial charge in [0.15, 0.2) is 0 Å². The molecule has 152 valence electrons. The fourth-order valence-electron chi connectivity index (χ4n) is 3.75. The number of hydrogen-bond donors (Lipinski definition) is 1. The lowest BCUT2D eigenvalue weighted by Gasteiger charge is -2.24. The van der Waals surface area contributed by atoms with Gasteiger partial charge in [-0.2, -0.15) is 0 Å². The van der Waals surface area contributed by atoms with Crippen molar-refractivity contribution in [3.8, 4) is 11.1 Å². The van der Waals surface area contributed by atoms with E-state index in [2.05, 4.69) is 5.32 Å². The van der Waals surface area contributed by atoms with Crippen molar-refractivity contribution in [2.75, 3.05) is 11.9 Å². The first-order valence-corrected chi connectivity index (χ1v) is 10.5. The van der Waals surface area contributed by atoms with Crippen LogP contribution in [0.5, 0.6) is 0 Å². The lowest BCUT2D eigenvalue weighted by Crippen LogP contribution is -2.43. The van der Waals surface area contributed by atoms with E-state index in [1.165, 1.54) is 0 Å². The number of carbonyl (C=O) groups excluding carboxylic acids is 2. The van der Waals surface area contributed by atoms with Gasteiger partial charge in [0.05, 0.1) is 10.0 Å². The maximum atomic E-state index is 13.1. The highest BCUT2D eigenvalue weighted by molar-refractivity contribution is 6.42. The van der Waals surface area contributed by atoms with Crippen LogP contribution in [0.2, 0.25) is 10.0 Å². The van der Waals surface area contributed by atoms with Crippen molar-refractivity contribution in [1.82, 2.24) is 4.90 Å². The molecule has 1 saturated heterocycles. The van der Waals surface area contributed by atoms with E-state index < -0.39 is 6.04 Å². The zero-order chi connectivity index (χ0) is 21.1. The average Bonchev–Trinajstić information content (AvgIpc) is 3.26. The van der Waals surface area contributed by atoms with Crippen LogP contribution in [0.15, 0.2) is 72.8 Å². The highest BCUT2D eigenvalue weighted by atomic mass is 35.5. The van der Waals surface area contributed by atoms with Crippen molar-refractivity contribution in [2.24, 2.45) is 0 Å². The Morgan fingerprint density at radius 1 is 0.900 bits per heavy atom. The van der Waals surface area contributed by atoms with Crippen molar-refractivity contribution in [2.45, 2.75) is 18.9 Å². The van der Waals surface area contributed by atoms with Gasteiger partial charge in [0.2, 0.25) is 5.91 Å². The molecule has 2 amide bonds. The number of nitrogens with zero attached hydrogens (tertiary/aromatic N) is 1. The zero-order valence-electron chi connectivity index (χ0n) is 16.1. The molecule has 0 radical (unpaired) electrons. The zero-order valence-corrected chi connectivity index (χ0v) is 17.7. The van der Waals surface area contributed by atoms with Gasteiger partial charge in [-0.1, -0.05) is 71.7 Å². The predicted octanol–water partition coefficient (Wildman–Crippen LogP) is 5.90. The van der Waals surface area contributed by atoms with Crippen LogP contribution in [0.4, 0.5) is 5.69 Å². The lowest BCUT2D eigenvalue weighted by molar-refractivity contribution is -0.119. The number of hydrogen-bond acceptors (Lipinski definition) is 2. The van der Waals surface area contributed by atoms with Crippen LogP contribution in [0.3, 0.4) is 0 Å². The Labute approximate surface area is 185 Å². The Kier molecular flexibility index (Phi) is 6.07. The largest absolute Gasteiger partial charge is 0.327 e. The standard InChI is InChI=1S/C24H20Cl2N2O2/c25-19-13-12-17(15-20(19)26)24(30)28-14-6-11-22(28)23(29)27-21-10-5-4-9-18(21)16-7-2-1-3-8-16/h1-5,7-10,12-13,15,22H,6,11,14H2,(H,27,29). The van der Waals surface area contributed by atoms with Crippen LogP contribution < -0.4 is 5.32 Å². The number of anilines is 1. The van der Waals surface area contributed by atoms with Crippen molar-refractivity contribution in [3.05, 3.63) is 88.4 Å². The number of amides is 2. The average molecular weight is 439 g/mol. The number of halogens is 2. The Balaban J connectivity index is 1.55. The van der Waals surface area contributed by atoms with Crippen molar-refractivity contribution in [1.29, 1.82) is 0 Å². The van der Waals surface area contributed by atoms with Gasteiger partial charge in [0.1, 0.15) is 6.04 Å². The monoisotopic (exact) mass is 438 g/mol. The first-order chi connectivity index (χ1) is 14.5. The van der Waals surface area contributed by atoms with Gasteiger partial charge in [-0.05, 0) is 42.7 Å². The molecular weight excluding hydrogens is 419 g/mol. The summed E-state index contributed by atoms with van der Waals surface area (Å²) in [6.45, 7) is 0.525. The predicted molar refractivity (Wildman–Crippen MR) is 121 cm³/mol. The first kappa shape index (κ1) is 20.5. The summed E-state index contributed by atoms with van der Waals surface area (Å²) in [5.74, 6) is -0.410. The topological polar surface area (TPSA) is 49.4 Å². The maximum absolute atomic E-state index is 13.1. The summed E-state index contributed by atoms with van der Waals surface area (Å²) in [7, 11) is 0. The molecule has 1 heterocycles. The maximum Gasteiger partial charge on any atom is 0.254 e. The molecular formula is C24H20Cl2N2O2. The Hall–Kier alpha value is -2.82. The molecule has 0 spiro atoms. The summed E-state index contributed by atoms with van der Waals surface area (Å²) >= 11 is 12.0. The van der Waals surface area contributed by atoms with Crippen molar-refractivity contribution >= 4 is 40.7 Å². The highest BCUT2D eigenvalue weighted by Crippen LogP contribution is 2.30. The van der Waals surface area contributed by atoms with Crippen molar-refractivity contribution < 1.29 is 9.59 Å². The number of para-hydroxylation sites is 1. The van der Waals surface area contributed by atoms with Gasteiger partial charge in [-0.15, -0.1) is 0 Å². The molecule has 1 N–H and O–H groups in total. The molecule has 4 nitrogen and oxygen atoms in total. The van der Waals surface area contributed by atoms with Gasteiger partial charge >= 0.3 is 0 Å². The fourth-order valence-corrected chi connectivity index (χ4v) is 4.05. The number of rotatable bonds is 4. The number of nitrogens with one attached hydrogen (secondary N) is 1. The van der Waals surface area contributed by atoms with Gasteiger partial charge < -0.3 is 10.2 Å². The molecule has 6 heteroatoms. The number of carbonyl (C=O) groups is 2. The highest BCUT2D eigenvalue weighted by Gasteiger charge is 2.35. The van der Waals surface area contributed by atoms with Gasteiger partial charge in [0, 0.05) is 23.4 Å². The third-order valence-electron chi connectivity index (χ3n) is 5.25. The van der Waals surface area contributed by atoms with Crippen LogP contribution in [-0.2, 0) is 4.79 Å². The molecule has 0 bridgehead atoms. The van der Waals surface area contributed by atoms with Crippen LogP contribution in [-0.4, -0.2) is 29.3 Å². The van der Waals surface area contributed by atoms with Gasteiger partial charge in [-0.3, -0.25) is 9.59 Å². The van der Waals surface area contributed by atoms with Crippen LogP contribution in [0, 0.1) is 0 Å². The molecule has 0 aliphatic carbocycles. The van der Waals surface area contributed by atoms with Gasteiger partial charge in [-0.25, -0.2) is 0 Å². The van der Waals surface area contributed by atoms with Crippen LogP contribution in [0.1, 0.15) is 23.2 Å². The van der Waals surface area contributed by atoms with Crippen molar-refractivity contribution in [3.63, 3.8) is 0 Å². The normalized spacial score (nSPS) is 15.8. The number of likely N-dealkylation sites (tertiary alicyclic amines) is 1. The SMILES string of the molecule is O=C(Nc1ccccc1-c1ccccc1)C1CCCN1C(=O)c1ccc(Cl)c(Cl)c1. The van der Waals surface area contributed by atoms with E-state index in [-0.39, 0.29) is 11.8 Å². The lowest BCUT2D eigenvalue weighted by atomic mass is 10.0. The van der Waals surface area contributed by atoms with E-state index in [0.29, 0.717) is 28.6 Å². The summed E-state index contributed by atoms with van der Waals surface area (Å²) in [5.41, 5.74) is 3.10. The van der Waals surface area contributed by atoms with E-state index >= 15 is 0 Å². The molecule has 3 aromatic carbocycles. The Morgan fingerprint density at radius 3 is 2.40 bits per heavy atom. The Morgan fingerprint density at radius 2 is 1.63 bits per heavy atom. The second-order valence-corrected chi connectivity index (χ2v) is 8.00. The minimum Gasteiger partial charge on any atom is -0.327 e. The molecule has 1 aliphatic rings. The fraction of sp³-hybridized carbons (Fsp3) is 0.167. The Bertz CT molecular complexity index is 1090. The van der Waals surface area contributed by atoms with Gasteiger partial charge in [0.25, 0.3) is 5.91 Å². The summed E-state index contributed by atoms with van der Waals surface area (Å²) in [6, 6.07) is 21.8. The molecule has 0 aromatic heterocycles. The minimum atomic E-state index is -0.532. The van der Waals surface area contributed by atoms with E-state index in [1.54, 1.807) is 23.1 Å². The quantitative estimate of drug-likeness (QED) is 0.550. The molecule has 0 saturated carbocycles. The molecule has 3 aromatic rings. The third-order valence-corrected chi connectivity index (χ3v) is 5.99. The summed E-state index contributed by atoms with van der Waals surface area (Å²) < 4.78 is 0. The molecule has 1 fully saturated rings. The van der Waals surface area contributed by atoms with E-state index in [1.807, 2.05) is 54.6 Å². The number of benzene rings is 3. The minimum absolute atomic E-state index is 0.190. The van der Waals surface area contributed by atoms with Crippen LogP contribution in [0.25, 0.3) is 11.1 Å². The van der Waals surface area contributed by atoms with Crippen LogP contribution >= 0.6 is 23.2 Å². The third kappa shape index (κ3) is 4.20. The second-order valence-electron chi connectivity index (χ2n) is 7.19. The first-order valence-electron chi connectivity index (χ1n) is 9.76. The smallest absolute Gasteiger partial charge is 0.254 e. The molecule has 30 heavy (non-hydrogen) atoms. The molecule has 1 atom stereocenters. The van der Waals surface area contributed by atoms with E-state index in [4.69, 9.17) is 23.2 Å². The van der Waals surface area contributed by atoms with E-state index in [0.717, 1.165) is 23.2 Å². The summed E-state index contributed by atoms with van der Waals surface area (Å²) in [6.07, 6.45) is 1.39. The van der Waals surface area contributed by atoms with E-state index in [9.17, 15) is 9.59 Å². The molecule has 1 unspecified atom stereocenters.